The number of halogens is 1. The zero-order valence-corrected chi connectivity index (χ0v) is 14.6. The molecule has 0 fully saturated rings. The fourth-order valence-corrected chi connectivity index (χ4v) is 2.48. The first-order chi connectivity index (χ1) is 12.7. The second-order valence-corrected chi connectivity index (χ2v) is 5.54. The van der Waals surface area contributed by atoms with Crippen molar-refractivity contribution in [2.75, 3.05) is 12.4 Å². The Balaban J connectivity index is 1.75. The van der Waals surface area contributed by atoms with Crippen molar-refractivity contribution in [1.29, 1.82) is 0 Å². The fourth-order valence-electron chi connectivity index (χ4n) is 2.48. The van der Waals surface area contributed by atoms with Gasteiger partial charge in [0.1, 0.15) is 12.4 Å². The topological polar surface area (TPSA) is 74.1 Å². The standard InChI is InChI=1S/C18H20FN5O2/c1-3-24-18(21-22-23-24)20-11-14-5-4-6-16(25-2)17(14)26-12-13-7-9-15(19)10-8-13/h4-10H,3,11-12H2,1-2H3,(H,20,21,23). The lowest BCUT2D eigenvalue weighted by Crippen LogP contribution is -2.09. The van der Waals surface area contributed by atoms with Gasteiger partial charge in [0, 0.05) is 18.7 Å². The van der Waals surface area contributed by atoms with Crippen molar-refractivity contribution < 1.29 is 13.9 Å². The van der Waals surface area contributed by atoms with Gasteiger partial charge in [0.05, 0.1) is 7.11 Å². The van der Waals surface area contributed by atoms with Gasteiger partial charge in [0.25, 0.3) is 0 Å². The second-order valence-electron chi connectivity index (χ2n) is 5.54. The molecule has 0 radical (unpaired) electrons. The van der Waals surface area contributed by atoms with Crippen LogP contribution in [0.3, 0.4) is 0 Å². The number of aryl methyl sites for hydroxylation is 1. The largest absolute Gasteiger partial charge is 0.493 e. The lowest BCUT2D eigenvalue weighted by atomic mass is 10.1. The van der Waals surface area contributed by atoms with E-state index in [2.05, 4.69) is 20.8 Å². The van der Waals surface area contributed by atoms with Crippen molar-refractivity contribution in [2.24, 2.45) is 0 Å². The molecule has 3 rings (SSSR count). The van der Waals surface area contributed by atoms with Gasteiger partial charge in [-0.3, -0.25) is 0 Å². The highest BCUT2D eigenvalue weighted by Gasteiger charge is 2.12. The maximum absolute atomic E-state index is 13.0. The average Bonchev–Trinajstić information content (AvgIpc) is 3.13. The van der Waals surface area contributed by atoms with Crippen molar-refractivity contribution in [1.82, 2.24) is 20.2 Å². The maximum Gasteiger partial charge on any atom is 0.243 e. The van der Waals surface area contributed by atoms with E-state index in [1.165, 1.54) is 12.1 Å². The lowest BCUT2D eigenvalue weighted by Gasteiger charge is -2.16. The van der Waals surface area contributed by atoms with Crippen LogP contribution in [0.4, 0.5) is 10.3 Å². The molecular weight excluding hydrogens is 337 g/mol. The Hall–Kier alpha value is -3.16. The summed E-state index contributed by atoms with van der Waals surface area (Å²) >= 11 is 0. The number of rotatable bonds is 8. The average molecular weight is 357 g/mol. The second kappa shape index (κ2) is 8.28. The van der Waals surface area contributed by atoms with Crippen LogP contribution in [0.1, 0.15) is 18.1 Å². The van der Waals surface area contributed by atoms with Crippen molar-refractivity contribution in [2.45, 2.75) is 26.6 Å². The Morgan fingerprint density at radius 3 is 2.69 bits per heavy atom. The van der Waals surface area contributed by atoms with Crippen LogP contribution in [-0.2, 0) is 19.7 Å². The van der Waals surface area contributed by atoms with Gasteiger partial charge in [0.15, 0.2) is 11.5 Å². The van der Waals surface area contributed by atoms with Crippen LogP contribution in [0.15, 0.2) is 42.5 Å². The van der Waals surface area contributed by atoms with Crippen LogP contribution in [0.5, 0.6) is 11.5 Å². The van der Waals surface area contributed by atoms with Crippen LogP contribution < -0.4 is 14.8 Å². The number of anilines is 1. The molecule has 0 spiro atoms. The molecule has 0 amide bonds. The molecule has 8 heteroatoms. The number of hydrogen-bond acceptors (Lipinski definition) is 6. The Labute approximate surface area is 150 Å². The van der Waals surface area contributed by atoms with Crippen molar-refractivity contribution in [3.8, 4) is 11.5 Å². The zero-order valence-electron chi connectivity index (χ0n) is 14.6. The number of aromatic nitrogens is 4. The predicted molar refractivity (Wildman–Crippen MR) is 94.5 cm³/mol. The molecule has 0 saturated heterocycles. The van der Waals surface area contributed by atoms with Crippen molar-refractivity contribution >= 4 is 5.95 Å². The van der Waals surface area contributed by atoms with E-state index in [-0.39, 0.29) is 5.82 Å². The summed E-state index contributed by atoms with van der Waals surface area (Å²) in [6.45, 7) is 3.41. The minimum Gasteiger partial charge on any atom is -0.493 e. The molecule has 0 atom stereocenters. The van der Waals surface area contributed by atoms with E-state index in [4.69, 9.17) is 9.47 Å². The highest BCUT2D eigenvalue weighted by molar-refractivity contribution is 5.48. The molecule has 1 heterocycles. The summed E-state index contributed by atoms with van der Waals surface area (Å²) < 4.78 is 26.1. The third-order valence-electron chi connectivity index (χ3n) is 3.85. The molecule has 26 heavy (non-hydrogen) atoms. The number of benzene rings is 2. The maximum atomic E-state index is 13.0. The summed E-state index contributed by atoms with van der Waals surface area (Å²) in [4.78, 5) is 0. The lowest BCUT2D eigenvalue weighted by molar-refractivity contribution is 0.281. The molecule has 1 aromatic heterocycles. The van der Waals surface area contributed by atoms with Crippen molar-refractivity contribution in [3.05, 3.63) is 59.4 Å². The Morgan fingerprint density at radius 2 is 1.96 bits per heavy atom. The number of tetrazole rings is 1. The molecule has 7 nitrogen and oxygen atoms in total. The summed E-state index contributed by atoms with van der Waals surface area (Å²) in [5.41, 5.74) is 1.77. The molecule has 136 valence electrons. The molecule has 0 unspecified atom stereocenters. The molecule has 0 bridgehead atoms. The van der Waals surface area contributed by atoms with Gasteiger partial charge < -0.3 is 14.8 Å². The van der Waals surface area contributed by atoms with Gasteiger partial charge in [-0.15, -0.1) is 0 Å². The predicted octanol–water partition coefficient (Wildman–Crippen LogP) is 3.03. The van der Waals surface area contributed by atoms with Crippen LogP contribution >= 0.6 is 0 Å². The molecule has 3 aromatic rings. The van der Waals surface area contributed by atoms with Gasteiger partial charge in [0.2, 0.25) is 5.95 Å². The third kappa shape index (κ3) is 4.08. The van der Waals surface area contributed by atoms with Crippen LogP contribution in [0.25, 0.3) is 0 Å². The monoisotopic (exact) mass is 357 g/mol. The van der Waals surface area contributed by atoms with E-state index >= 15 is 0 Å². The molecule has 0 aliphatic heterocycles. The molecule has 1 N–H and O–H groups in total. The highest BCUT2D eigenvalue weighted by atomic mass is 19.1. The highest BCUT2D eigenvalue weighted by Crippen LogP contribution is 2.32. The van der Waals surface area contributed by atoms with E-state index in [1.54, 1.807) is 23.9 Å². The van der Waals surface area contributed by atoms with E-state index in [1.807, 2.05) is 25.1 Å². The summed E-state index contributed by atoms with van der Waals surface area (Å²) in [6, 6.07) is 11.9. The fraction of sp³-hybridized carbons (Fsp3) is 0.278. The quantitative estimate of drug-likeness (QED) is 0.668. The van der Waals surface area contributed by atoms with Gasteiger partial charge in [-0.25, -0.2) is 9.07 Å². The van der Waals surface area contributed by atoms with E-state index in [0.29, 0.717) is 37.1 Å². The van der Waals surface area contributed by atoms with Gasteiger partial charge >= 0.3 is 0 Å². The number of para-hydroxylation sites is 1. The van der Waals surface area contributed by atoms with Crippen LogP contribution in [0, 0.1) is 5.82 Å². The van der Waals surface area contributed by atoms with Gasteiger partial charge in [-0.1, -0.05) is 29.4 Å². The summed E-state index contributed by atoms with van der Waals surface area (Å²) in [5.74, 6) is 1.56. The van der Waals surface area contributed by atoms with E-state index < -0.39 is 0 Å². The molecule has 2 aromatic carbocycles. The van der Waals surface area contributed by atoms with Gasteiger partial charge in [-0.05, 0) is 41.1 Å². The number of nitrogens with one attached hydrogen (secondary N) is 1. The summed E-state index contributed by atoms with van der Waals surface area (Å²) in [6.07, 6.45) is 0. The SMILES string of the molecule is CCn1nnnc1NCc1cccc(OC)c1OCc1ccc(F)cc1. The first kappa shape index (κ1) is 17.7. The zero-order chi connectivity index (χ0) is 18.4. The smallest absolute Gasteiger partial charge is 0.243 e. The number of ether oxygens (including phenoxy) is 2. The first-order valence-corrected chi connectivity index (χ1v) is 8.24. The number of hydrogen-bond donors (Lipinski definition) is 1. The minimum atomic E-state index is -0.274. The van der Waals surface area contributed by atoms with E-state index in [9.17, 15) is 4.39 Å². The van der Waals surface area contributed by atoms with Gasteiger partial charge in [-0.2, -0.15) is 0 Å². The number of methoxy groups -OCH3 is 1. The third-order valence-corrected chi connectivity index (χ3v) is 3.85. The molecule has 0 saturated carbocycles. The first-order valence-electron chi connectivity index (χ1n) is 8.24. The molecule has 0 aliphatic carbocycles. The van der Waals surface area contributed by atoms with Crippen LogP contribution in [-0.4, -0.2) is 27.3 Å². The number of nitrogens with zero attached hydrogens (tertiary/aromatic N) is 4. The Kier molecular flexibility index (Phi) is 5.62. The van der Waals surface area contributed by atoms with E-state index in [0.717, 1.165) is 11.1 Å². The molecular formula is C18H20FN5O2. The minimum absolute atomic E-state index is 0.274. The van der Waals surface area contributed by atoms with Crippen LogP contribution in [0.2, 0.25) is 0 Å². The Bertz CT molecular complexity index is 851. The Morgan fingerprint density at radius 1 is 1.15 bits per heavy atom. The summed E-state index contributed by atoms with van der Waals surface area (Å²) in [7, 11) is 1.59. The molecule has 0 aliphatic rings. The normalized spacial score (nSPS) is 10.6. The van der Waals surface area contributed by atoms with Crippen molar-refractivity contribution in [3.63, 3.8) is 0 Å². The summed E-state index contributed by atoms with van der Waals surface area (Å²) in [5, 5.41) is 14.7.